The summed E-state index contributed by atoms with van der Waals surface area (Å²) in [6, 6.07) is 19.5. The predicted molar refractivity (Wildman–Crippen MR) is 166 cm³/mol. The molecule has 0 aromatic heterocycles. The molecule has 0 unspecified atom stereocenters. The number of benzene rings is 3. The van der Waals surface area contributed by atoms with Gasteiger partial charge in [0.15, 0.2) is 0 Å². The first-order chi connectivity index (χ1) is 19.9. The lowest BCUT2D eigenvalue weighted by atomic mass is 10.0. The number of sulfonamides is 1. The molecule has 7 nitrogen and oxygen atoms in total. The molecule has 0 bridgehead atoms. The Balaban J connectivity index is 1.92. The van der Waals surface area contributed by atoms with E-state index in [1.54, 1.807) is 43.3 Å². The van der Waals surface area contributed by atoms with Crippen molar-refractivity contribution in [1.29, 1.82) is 0 Å². The summed E-state index contributed by atoms with van der Waals surface area (Å²) in [5.41, 5.74) is 2.30. The predicted octanol–water partition coefficient (Wildman–Crippen LogP) is 5.89. The Kier molecular flexibility index (Phi) is 11.9. The van der Waals surface area contributed by atoms with E-state index in [1.165, 1.54) is 15.3 Å². The molecule has 10 heteroatoms. The highest BCUT2D eigenvalue weighted by molar-refractivity contribution is 7.92. The van der Waals surface area contributed by atoms with Crippen LogP contribution in [0, 0.1) is 12.7 Å². The first-order valence-corrected chi connectivity index (χ1v) is 16.2. The van der Waals surface area contributed by atoms with Crippen LogP contribution in [0.25, 0.3) is 0 Å². The molecule has 0 saturated carbocycles. The number of carbonyl (C=O) groups excluding carboxylic acids is 2. The normalized spacial score (nSPS) is 12.8. The maximum atomic E-state index is 14.8. The summed E-state index contributed by atoms with van der Waals surface area (Å²) >= 11 is 6.15. The SMILES string of the molecule is CC[C@H](C)NC(=O)[C@@H](Cc1ccccc1)N(Cc1ccccc1F)C(=O)CCCN(c1cc(Cl)ccc1C)S(C)(=O)=O. The fraction of sp³-hybridized carbons (Fsp3) is 0.375. The molecule has 2 amide bonds. The fourth-order valence-electron chi connectivity index (χ4n) is 4.64. The zero-order chi connectivity index (χ0) is 30.9. The Bertz CT molecular complexity index is 1470. The molecule has 0 spiro atoms. The average molecular weight is 616 g/mol. The first-order valence-electron chi connectivity index (χ1n) is 14.0. The number of anilines is 1. The maximum Gasteiger partial charge on any atom is 0.243 e. The fourth-order valence-corrected chi connectivity index (χ4v) is 5.82. The van der Waals surface area contributed by atoms with Crippen LogP contribution in [0.15, 0.2) is 72.8 Å². The van der Waals surface area contributed by atoms with E-state index in [9.17, 15) is 22.4 Å². The van der Waals surface area contributed by atoms with Crippen molar-refractivity contribution in [3.63, 3.8) is 0 Å². The summed E-state index contributed by atoms with van der Waals surface area (Å²) in [4.78, 5) is 28.9. The molecule has 2 atom stereocenters. The second-order valence-electron chi connectivity index (χ2n) is 10.5. The molecule has 0 saturated heterocycles. The average Bonchev–Trinajstić information content (AvgIpc) is 2.95. The standard InChI is InChI=1S/C32H39ClFN3O4S/c1-5-24(3)35-32(39)30(20-25-12-7-6-8-13-25)36(22-26-14-9-10-15-28(26)34)31(38)16-11-19-37(42(4,40)41)29-21-27(33)18-17-23(29)2/h6-10,12-15,17-18,21,24,30H,5,11,16,19-20,22H2,1-4H3,(H,35,39)/t24-,30+/m0/s1. The van der Waals surface area contributed by atoms with Crippen LogP contribution < -0.4 is 9.62 Å². The molecular formula is C32H39ClFN3O4S. The van der Waals surface area contributed by atoms with Gasteiger partial charge in [-0.3, -0.25) is 13.9 Å². The van der Waals surface area contributed by atoms with Crippen molar-refractivity contribution >= 4 is 39.1 Å². The summed E-state index contributed by atoms with van der Waals surface area (Å²) in [7, 11) is -3.68. The van der Waals surface area contributed by atoms with Gasteiger partial charge in [0.05, 0.1) is 11.9 Å². The molecule has 0 aliphatic heterocycles. The summed E-state index contributed by atoms with van der Waals surface area (Å²) in [5.74, 6) is -1.18. The molecule has 42 heavy (non-hydrogen) atoms. The molecule has 0 aliphatic rings. The van der Waals surface area contributed by atoms with Crippen LogP contribution in [0.5, 0.6) is 0 Å². The summed E-state index contributed by atoms with van der Waals surface area (Å²) in [5, 5.41) is 3.38. The van der Waals surface area contributed by atoms with Gasteiger partial charge in [-0.05, 0) is 56.0 Å². The Labute approximate surface area is 253 Å². The second kappa shape index (κ2) is 15.2. The number of aryl methyl sites for hydroxylation is 1. The smallest absolute Gasteiger partial charge is 0.243 e. The minimum atomic E-state index is -3.68. The Morgan fingerprint density at radius 2 is 1.69 bits per heavy atom. The van der Waals surface area contributed by atoms with Crippen LogP contribution in [-0.2, 0) is 32.6 Å². The van der Waals surface area contributed by atoms with Gasteiger partial charge in [0.1, 0.15) is 11.9 Å². The van der Waals surface area contributed by atoms with Crippen molar-refractivity contribution in [1.82, 2.24) is 10.2 Å². The van der Waals surface area contributed by atoms with E-state index in [-0.39, 0.29) is 55.8 Å². The summed E-state index contributed by atoms with van der Waals surface area (Å²) in [6.45, 7) is 5.55. The highest BCUT2D eigenvalue weighted by Gasteiger charge is 2.31. The molecule has 0 heterocycles. The molecule has 0 aliphatic carbocycles. The van der Waals surface area contributed by atoms with Gasteiger partial charge in [0, 0.05) is 42.6 Å². The summed E-state index contributed by atoms with van der Waals surface area (Å²) in [6.07, 6.45) is 2.17. The number of hydrogen-bond acceptors (Lipinski definition) is 4. The molecule has 0 fully saturated rings. The van der Waals surface area contributed by atoms with Crippen LogP contribution in [0.3, 0.4) is 0 Å². The van der Waals surface area contributed by atoms with Crippen molar-refractivity contribution in [3.8, 4) is 0 Å². The number of nitrogens with zero attached hydrogens (tertiary/aromatic N) is 2. The van der Waals surface area contributed by atoms with Crippen molar-refractivity contribution in [3.05, 3.63) is 100 Å². The van der Waals surface area contributed by atoms with E-state index in [0.29, 0.717) is 17.1 Å². The molecule has 3 aromatic rings. The quantitative estimate of drug-likeness (QED) is 0.245. The van der Waals surface area contributed by atoms with Gasteiger partial charge < -0.3 is 10.2 Å². The Hall–Kier alpha value is -3.43. The highest BCUT2D eigenvalue weighted by Crippen LogP contribution is 2.27. The molecule has 3 aromatic carbocycles. The molecule has 0 radical (unpaired) electrons. The topological polar surface area (TPSA) is 86.8 Å². The lowest BCUT2D eigenvalue weighted by Gasteiger charge is -2.33. The van der Waals surface area contributed by atoms with Crippen LogP contribution >= 0.6 is 11.6 Å². The van der Waals surface area contributed by atoms with Crippen molar-refractivity contribution < 1.29 is 22.4 Å². The van der Waals surface area contributed by atoms with E-state index in [4.69, 9.17) is 11.6 Å². The third-order valence-electron chi connectivity index (χ3n) is 7.16. The third kappa shape index (κ3) is 9.29. The van der Waals surface area contributed by atoms with Gasteiger partial charge >= 0.3 is 0 Å². The van der Waals surface area contributed by atoms with Crippen LogP contribution in [-0.4, -0.2) is 50.0 Å². The van der Waals surface area contributed by atoms with Crippen molar-refractivity contribution in [2.75, 3.05) is 17.1 Å². The zero-order valence-electron chi connectivity index (χ0n) is 24.5. The minimum Gasteiger partial charge on any atom is -0.352 e. The first kappa shape index (κ1) is 33.1. The monoisotopic (exact) mass is 615 g/mol. The number of nitrogens with one attached hydrogen (secondary N) is 1. The number of rotatable bonds is 14. The molecular weight excluding hydrogens is 577 g/mol. The van der Waals surface area contributed by atoms with E-state index < -0.39 is 21.9 Å². The largest absolute Gasteiger partial charge is 0.352 e. The number of halogens is 2. The molecule has 1 N–H and O–H groups in total. The third-order valence-corrected chi connectivity index (χ3v) is 8.58. The lowest BCUT2D eigenvalue weighted by Crippen LogP contribution is -2.52. The van der Waals surface area contributed by atoms with Crippen LogP contribution in [0.1, 0.15) is 49.8 Å². The molecule has 3 rings (SSSR count). The van der Waals surface area contributed by atoms with Gasteiger partial charge in [-0.2, -0.15) is 0 Å². The van der Waals surface area contributed by atoms with Crippen molar-refractivity contribution in [2.45, 2.75) is 65.1 Å². The van der Waals surface area contributed by atoms with Gasteiger partial charge in [-0.1, -0.05) is 73.1 Å². The van der Waals surface area contributed by atoms with E-state index in [0.717, 1.165) is 17.4 Å². The van der Waals surface area contributed by atoms with E-state index in [2.05, 4.69) is 5.32 Å². The van der Waals surface area contributed by atoms with Crippen LogP contribution in [0.2, 0.25) is 5.02 Å². The Morgan fingerprint density at radius 3 is 2.33 bits per heavy atom. The van der Waals surface area contributed by atoms with Crippen LogP contribution in [0.4, 0.5) is 10.1 Å². The summed E-state index contributed by atoms with van der Waals surface area (Å²) < 4.78 is 41.4. The number of amides is 2. The number of carbonyl (C=O) groups is 2. The maximum absolute atomic E-state index is 14.8. The zero-order valence-corrected chi connectivity index (χ0v) is 26.1. The van der Waals surface area contributed by atoms with Crippen molar-refractivity contribution in [2.24, 2.45) is 0 Å². The highest BCUT2D eigenvalue weighted by atomic mass is 35.5. The minimum absolute atomic E-state index is 0.0295. The van der Waals surface area contributed by atoms with E-state index >= 15 is 0 Å². The van der Waals surface area contributed by atoms with Gasteiger partial charge in [-0.15, -0.1) is 0 Å². The Morgan fingerprint density at radius 1 is 1.02 bits per heavy atom. The second-order valence-corrected chi connectivity index (χ2v) is 12.8. The number of hydrogen-bond donors (Lipinski definition) is 1. The van der Waals surface area contributed by atoms with Gasteiger partial charge in [0.2, 0.25) is 21.8 Å². The van der Waals surface area contributed by atoms with E-state index in [1.807, 2.05) is 44.2 Å². The lowest BCUT2D eigenvalue weighted by molar-refractivity contribution is -0.141. The van der Waals surface area contributed by atoms with Gasteiger partial charge in [0.25, 0.3) is 0 Å². The van der Waals surface area contributed by atoms with Gasteiger partial charge in [-0.25, -0.2) is 12.8 Å². The molecule has 226 valence electrons.